The van der Waals surface area contributed by atoms with Crippen LogP contribution in [0.25, 0.3) is 11.0 Å². The van der Waals surface area contributed by atoms with Crippen molar-refractivity contribution in [3.63, 3.8) is 0 Å². The van der Waals surface area contributed by atoms with Gasteiger partial charge in [0.2, 0.25) is 0 Å². The average Bonchev–Trinajstić information content (AvgIpc) is 2.97. The minimum atomic E-state index is 0.798. The summed E-state index contributed by atoms with van der Waals surface area (Å²) >= 11 is 2.05. The molecular formula is C11H14N4S. The molecule has 1 atom stereocenters. The lowest BCUT2D eigenvalue weighted by Crippen LogP contribution is -2.13. The Morgan fingerprint density at radius 1 is 1.44 bits per heavy atom. The number of hydrogen-bond donors (Lipinski definition) is 2. The molecule has 16 heavy (non-hydrogen) atoms. The SMILES string of the molecule is c1cc(NCC2CCSC2)c2n[nH]nc2c1. The summed E-state index contributed by atoms with van der Waals surface area (Å²) in [6.07, 6.45) is 1.33. The van der Waals surface area contributed by atoms with Gasteiger partial charge in [0.25, 0.3) is 0 Å². The van der Waals surface area contributed by atoms with Gasteiger partial charge >= 0.3 is 0 Å². The number of nitrogens with zero attached hydrogens (tertiary/aromatic N) is 2. The Bertz CT molecular complexity index is 476. The van der Waals surface area contributed by atoms with Gasteiger partial charge in [-0.3, -0.25) is 0 Å². The lowest BCUT2D eigenvalue weighted by Gasteiger charge is -2.11. The molecule has 0 radical (unpaired) electrons. The first-order chi connectivity index (χ1) is 7.93. The number of thioether (sulfide) groups is 1. The molecule has 0 aliphatic carbocycles. The third kappa shape index (κ3) is 1.87. The van der Waals surface area contributed by atoms with Crippen LogP contribution < -0.4 is 5.32 Å². The van der Waals surface area contributed by atoms with Crippen molar-refractivity contribution in [1.29, 1.82) is 0 Å². The van der Waals surface area contributed by atoms with E-state index >= 15 is 0 Å². The molecule has 5 heteroatoms. The van der Waals surface area contributed by atoms with Crippen molar-refractivity contribution in [3.8, 4) is 0 Å². The van der Waals surface area contributed by atoms with Gasteiger partial charge in [-0.15, -0.1) is 0 Å². The Balaban J connectivity index is 1.75. The van der Waals surface area contributed by atoms with Gasteiger partial charge in [-0.2, -0.15) is 27.2 Å². The molecule has 1 fully saturated rings. The first kappa shape index (κ1) is 9.96. The summed E-state index contributed by atoms with van der Waals surface area (Å²) in [4.78, 5) is 0. The largest absolute Gasteiger partial charge is 0.383 e. The van der Waals surface area contributed by atoms with E-state index in [0.717, 1.165) is 29.2 Å². The fourth-order valence-electron chi connectivity index (χ4n) is 2.01. The van der Waals surface area contributed by atoms with Gasteiger partial charge in [0.15, 0.2) is 0 Å². The second-order valence-corrected chi connectivity index (χ2v) is 5.26. The summed E-state index contributed by atoms with van der Waals surface area (Å²) in [5.74, 6) is 3.38. The molecule has 0 saturated carbocycles. The minimum Gasteiger partial charge on any atom is -0.383 e. The lowest BCUT2D eigenvalue weighted by atomic mass is 10.1. The Hall–Kier alpha value is -1.23. The van der Waals surface area contributed by atoms with Crippen LogP contribution in [0.2, 0.25) is 0 Å². The van der Waals surface area contributed by atoms with Crippen LogP contribution in [0.1, 0.15) is 6.42 Å². The van der Waals surface area contributed by atoms with E-state index < -0.39 is 0 Å². The normalized spacial score (nSPS) is 20.4. The molecule has 0 spiro atoms. The summed E-state index contributed by atoms with van der Waals surface area (Å²) in [6.45, 7) is 1.04. The Morgan fingerprint density at radius 2 is 2.44 bits per heavy atom. The van der Waals surface area contributed by atoms with Crippen molar-refractivity contribution in [3.05, 3.63) is 18.2 Å². The van der Waals surface area contributed by atoms with Crippen LogP contribution in [0, 0.1) is 5.92 Å². The summed E-state index contributed by atoms with van der Waals surface area (Å²) in [5.41, 5.74) is 2.95. The minimum absolute atomic E-state index is 0.798. The van der Waals surface area contributed by atoms with Gasteiger partial charge in [-0.05, 0) is 36.0 Å². The Kier molecular flexibility index (Phi) is 2.70. The molecule has 84 valence electrons. The standard InChI is InChI=1S/C11H14N4S/c1-2-9(11-10(3-1)13-15-14-11)12-6-8-4-5-16-7-8/h1-3,8,12H,4-7H2,(H,13,14,15). The van der Waals surface area contributed by atoms with Crippen LogP contribution in [0.15, 0.2) is 18.2 Å². The van der Waals surface area contributed by atoms with Crippen molar-refractivity contribution in [2.75, 3.05) is 23.4 Å². The first-order valence-corrected chi connectivity index (χ1v) is 6.70. The number of fused-ring (bicyclic) bond motifs is 1. The molecular weight excluding hydrogens is 220 g/mol. The molecule has 3 rings (SSSR count). The number of aromatic nitrogens is 3. The van der Waals surface area contributed by atoms with E-state index in [0.29, 0.717) is 0 Å². The van der Waals surface area contributed by atoms with Gasteiger partial charge in [0, 0.05) is 6.54 Å². The van der Waals surface area contributed by atoms with Gasteiger partial charge in [-0.25, -0.2) is 0 Å². The fourth-order valence-corrected chi connectivity index (χ4v) is 3.29. The molecule has 2 aromatic rings. The second kappa shape index (κ2) is 4.33. The van der Waals surface area contributed by atoms with Crippen LogP contribution in [-0.4, -0.2) is 33.5 Å². The third-order valence-electron chi connectivity index (χ3n) is 2.95. The summed E-state index contributed by atoms with van der Waals surface area (Å²) in [5, 5.41) is 14.4. The summed E-state index contributed by atoms with van der Waals surface area (Å²) in [7, 11) is 0. The Morgan fingerprint density at radius 3 is 3.31 bits per heavy atom. The molecule has 1 aromatic heterocycles. The van der Waals surface area contributed by atoms with E-state index in [4.69, 9.17) is 0 Å². The van der Waals surface area contributed by atoms with E-state index in [1.807, 2.05) is 23.9 Å². The van der Waals surface area contributed by atoms with Crippen LogP contribution in [0.5, 0.6) is 0 Å². The van der Waals surface area contributed by atoms with Crippen LogP contribution >= 0.6 is 11.8 Å². The molecule has 0 amide bonds. The number of hydrogen-bond acceptors (Lipinski definition) is 4. The van der Waals surface area contributed by atoms with Crippen molar-refractivity contribution < 1.29 is 0 Å². The van der Waals surface area contributed by atoms with Crippen LogP contribution in [0.3, 0.4) is 0 Å². The predicted molar refractivity (Wildman–Crippen MR) is 67.8 cm³/mol. The zero-order valence-corrected chi connectivity index (χ0v) is 9.76. The number of benzene rings is 1. The van der Waals surface area contributed by atoms with Crippen molar-refractivity contribution in [2.24, 2.45) is 5.92 Å². The zero-order valence-electron chi connectivity index (χ0n) is 8.94. The molecule has 1 aliphatic heterocycles. The van der Waals surface area contributed by atoms with Crippen molar-refractivity contribution >= 4 is 28.5 Å². The Labute approximate surface area is 98.2 Å². The number of nitrogens with one attached hydrogen (secondary N) is 2. The highest BCUT2D eigenvalue weighted by molar-refractivity contribution is 7.99. The molecule has 1 aliphatic rings. The molecule has 2 N–H and O–H groups in total. The van der Waals surface area contributed by atoms with Gasteiger partial charge in [0.05, 0.1) is 5.69 Å². The molecule has 1 unspecified atom stereocenters. The third-order valence-corrected chi connectivity index (χ3v) is 4.18. The number of H-pyrrole nitrogens is 1. The van der Waals surface area contributed by atoms with E-state index in [9.17, 15) is 0 Å². The molecule has 4 nitrogen and oxygen atoms in total. The highest BCUT2D eigenvalue weighted by atomic mass is 32.2. The van der Waals surface area contributed by atoms with Gasteiger partial charge in [0.1, 0.15) is 11.0 Å². The number of anilines is 1. The van der Waals surface area contributed by atoms with E-state index in [1.54, 1.807) is 0 Å². The summed E-state index contributed by atoms with van der Waals surface area (Å²) in [6, 6.07) is 6.04. The monoisotopic (exact) mass is 234 g/mol. The van der Waals surface area contributed by atoms with E-state index in [2.05, 4.69) is 26.8 Å². The maximum Gasteiger partial charge on any atom is 0.136 e. The van der Waals surface area contributed by atoms with Crippen LogP contribution in [0.4, 0.5) is 5.69 Å². The number of para-hydroxylation sites is 1. The topological polar surface area (TPSA) is 53.6 Å². The van der Waals surface area contributed by atoms with E-state index in [-0.39, 0.29) is 0 Å². The number of aromatic amines is 1. The fraction of sp³-hybridized carbons (Fsp3) is 0.455. The number of rotatable bonds is 3. The van der Waals surface area contributed by atoms with Gasteiger partial charge in [-0.1, -0.05) is 6.07 Å². The highest BCUT2D eigenvalue weighted by Gasteiger charge is 2.15. The van der Waals surface area contributed by atoms with Crippen LogP contribution in [-0.2, 0) is 0 Å². The van der Waals surface area contributed by atoms with E-state index in [1.165, 1.54) is 17.9 Å². The highest BCUT2D eigenvalue weighted by Crippen LogP contribution is 2.25. The summed E-state index contributed by atoms with van der Waals surface area (Å²) < 4.78 is 0. The van der Waals surface area contributed by atoms with Crippen molar-refractivity contribution in [1.82, 2.24) is 15.4 Å². The average molecular weight is 234 g/mol. The molecule has 1 aromatic carbocycles. The zero-order chi connectivity index (χ0) is 10.8. The maximum atomic E-state index is 4.16. The quantitative estimate of drug-likeness (QED) is 0.854. The first-order valence-electron chi connectivity index (χ1n) is 5.54. The maximum absolute atomic E-state index is 4.16. The molecule has 2 heterocycles. The second-order valence-electron chi connectivity index (χ2n) is 4.11. The predicted octanol–water partition coefficient (Wildman–Crippen LogP) is 2.12. The molecule has 0 bridgehead atoms. The van der Waals surface area contributed by atoms with Gasteiger partial charge < -0.3 is 5.32 Å². The molecule has 1 saturated heterocycles. The van der Waals surface area contributed by atoms with Crippen molar-refractivity contribution in [2.45, 2.75) is 6.42 Å². The lowest BCUT2D eigenvalue weighted by molar-refractivity contribution is 0.632. The smallest absolute Gasteiger partial charge is 0.136 e.